The average Bonchev–Trinajstić information content (AvgIpc) is 2.76. The monoisotopic (exact) mass is 427 g/mol. The lowest BCUT2D eigenvalue weighted by Gasteiger charge is -2.56. The summed E-state index contributed by atoms with van der Waals surface area (Å²) in [5.74, 6) is 0.379. The van der Waals surface area contributed by atoms with Crippen molar-refractivity contribution in [1.29, 1.82) is 0 Å². The van der Waals surface area contributed by atoms with Crippen LogP contribution in [0.5, 0.6) is 11.5 Å². The van der Waals surface area contributed by atoms with Gasteiger partial charge in [-0.25, -0.2) is 4.79 Å². The lowest BCUT2D eigenvalue weighted by atomic mass is 9.53. The van der Waals surface area contributed by atoms with E-state index < -0.39 is 11.4 Å². The zero-order chi connectivity index (χ0) is 22.5. The summed E-state index contributed by atoms with van der Waals surface area (Å²) in [6.07, 6.45) is 5.41. The third kappa shape index (κ3) is 3.14. The summed E-state index contributed by atoms with van der Waals surface area (Å²) in [7, 11) is 6.47. The predicted molar refractivity (Wildman–Crippen MR) is 115 cm³/mol. The number of hydrogen-bond donors (Lipinski definition) is 1. The molecular formula is C24H29NO6. The van der Waals surface area contributed by atoms with Crippen LogP contribution in [0.1, 0.15) is 36.5 Å². The Balaban J connectivity index is 2.00. The molecule has 1 heterocycles. The summed E-state index contributed by atoms with van der Waals surface area (Å²) in [6.45, 7) is 2.53. The van der Waals surface area contributed by atoms with Gasteiger partial charge in [-0.1, -0.05) is 0 Å². The van der Waals surface area contributed by atoms with Crippen LogP contribution in [0, 0.1) is 5.92 Å². The lowest BCUT2D eigenvalue weighted by Crippen LogP contribution is -2.60. The second-order valence-corrected chi connectivity index (χ2v) is 8.71. The molecule has 1 aliphatic heterocycles. The number of phenolic OH excluding ortho intramolecular Hbond substituents is 1. The number of fused-ring (bicyclic) bond motifs is 1. The highest BCUT2D eigenvalue weighted by Crippen LogP contribution is 2.58. The van der Waals surface area contributed by atoms with Crippen LogP contribution in [0.15, 0.2) is 23.5 Å². The molecule has 0 saturated carbocycles. The molecule has 31 heavy (non-hydrogen) atoms. The number of aromatic hydroxyl groups is 1. The maximum atomic E-state index is 12.9. The number of Topliss-reactive ketones (excluding diaryl/α,β-unsaturated/α-hetero) is 1. The number of carbonyl (C=O) groups excluding carboxylic acids is 2. The van der Waals surface area contributed by atoms with E-state index in [1.165, 1.54) is 21.3 Å². The zero-order valence-corrected chi connectivity index (χ0v) is 18.7. The second kappa shape index (κ2) is 7.71. The third-order valence-corrected chi connectivity index (χ3v) is 7.25. The summed E-state index contributed by atoms with van der Waals surface area (Å²) in [5.41, 5.74) is 2.45. The number of esters is 1. The first-order valence-electron chi connectivity index (χ1n) is 10.5. The molecule has 7 nitrogen and oxygen atoms in total. The smallest absolute Gasteiger partial charge is 0.333 e. The quantitative estimate of drug-likeness (QED) is 0.584. The summed E-state index contributed by atoms with van der Waals surface area (Å²) >= 11 is 0. The number of hydrogen-bond acceptors (Lipinski definition) is 7. The van der Waals surface area contributed by atoms with Gasteiger partial charge in [-0.2, -0.15) is 0 Å². The number of carbonyl (C=O) groups is 2. The first-order chi connectivity index (χ1) is 14.8. The maximum Gasteiger partial charge on any atom is 0.333 e. The van der Waals surface area contributed by atoms with Crippen LogP contribution in [0.3, 0.4) is 0 Å². The summed E-state index contributed by atoms with van der Waals surface area (Å²) in [4.78, 5) is 27.3. The van der Waals surface area contributed by atoms with Gasteiger partial charge in [0.05, 0.1) is 21.3 Å². The van der Waals surface area contributed by atoms with Crippen molar-refractivity contribution in [1.82, 2.24) is 4.90 Å². The number of phenols is 1. The molecule has 1 aromatic rings. The number of rotatable bonds is 4. The average molecular weight is 427 g/mol. The Morgan fingerprint density at radius 2 is 2.03 bits per heavy atom. The van der Waals surface area contributed by atoms with E-state index in [1.54, 1.807) is 19.1 Å². The van der Waals surface area contributed by atoms with Crippen molar-refractivity contribution in [3.8, 4) is 11.5 Å². The number of methoxy groups -OCH3 is 3. The molecule has 1 fully saturated rings. The molecule has 1 N–H and O–H groups in total. The van der Waals surface area contributed by atoms with Gasteiger partial charge in [-0.3, -0.25) is 4.79 Å². The molecular weight excluding hydrogens is 398 g/mol. The van der Waals surface area contributed by atoms with Crippen LogP contribution < -0.4 is 4.74 Å². The number of allylic oxidation sites excluding steroid dienone is 1. The standard InChI is InChI=1S/C24H29NO6/c1-13(23(28)31-5)8-14-9-20(30-4)22(27)21-15(14)10-17-16-11-19(29-3)18(26)12-24(16,21)6-7-25(17)2/h8-9,11,16-17,27H,6-7,10,12H2,1-5H3/b13-8+/t16?,17-,24+/m0/s1. The van der Waals surface area contributed by atoms with Gasteiger partial charge in [0.25, 0.3) is 0 Å². The minimum Gasteiger partial charge on any atom is -0.504 e. The highest BCUT2D eigenvalue weighted by Gasteiger charge is 2.57. The van der Waals surface area contributed by atoms with E-state index >= 15 is 0 Å². The Morgan fingerprint density at radius 1 is 1.29 bits per heavy atom. The molecule has 2 bridgehead atoms. The number of ketones is 1. The van der Waals surface area contributed by atoms with E-state index in [9.17, 15) is 14.7 Å². The number of benzene rings is 1. The third-order valence-electron chi connectivity index (χ3n) is 7.25. The molecule has 3 atom stereocenters. The van der Waals surface area contributed by atoms with Crippen LogP contribution in [0.25, 0.3) is 6.08 Å². The van der Waals surface area contributed by atoms with E-state index in [2.05, 4.69) is 11.9 Å². The van der Waals surface area contributed by atoms with Crippen molar-refractivity contribution >= 4 is 17.8 Å². The molecule has 1 unspecified atom stereocenters. The minimum absolute atomic E-state index is 0.0305. The van der Waals surface area contributed by atoms with Gasteiger partial charge in [-0.15, -0.1) is 0 Å². The molecule has 0 aromatic heterocycles. The first-order valence-corrected chi connectivity index (χ1v) is 10.5. The number of ether oxygens (including phenoxy) is 3. The van der Waals surface area contributed by atoms with Gasteiger partial charge >= 0.3 is 5.97 Å². The number of likely N-dealkylation sites (N-methyl/N-ethyl adjacent to an activating group) is 1. The van der Waals surface area contributed by atoms with Crippen LogP contribution in [-0.4, -0.2) is 62.7 Å². The minimum atomic E-state index is -0.537. The highest BCUT2D eigenvalue weighted by atomic mass is 16.5. The van der Waals surface area contributed by atoms with Crippen molar-refractivity contribution in [2.75, 3.05) is 34.9 Å². The van der Waals surface area contributed by atoms with Crippen molar-refractivity contribution in [2.45, 2.75) is 37.6 Å². The van der Waals surface area contributed by atoms with E-state index in [1.807, 2.05) is 6.08 Å². The van der Waals surface area contributed by atoms with Crippen molar-refractivity contribution in [3.63, 3.8) is 0 Å². The Hall–Kier alpha value is -2.80. The highest BCUT2D eigenvalue weighted by molar-refractivity contribution is 5.96. The number of nitrogens with zero attached hydrogens (tertiary/aromatic N) is 1. The summed E-state index contributed by atoms with van der Waals surface area (Å²) in [6, 6.07) is 1.91. The fourth-order valence-corrected chi connectivity index (χ4v) is 5.71. The molecule has 2 aliphatic carbocycles. The van der Waals surface area contributed by atoms with E-state index in [0.29, 0.717) is 23.5 Å². The normalized spacial score (nSPS) is 27.7. The van der Waals surface area contributed by atoms with Crippen molar-refractivity contribution in [2.24, 2.45) is 5.92 Å². The topological polar surface area (TPSA) is 85.3 Å². The Bertz CT molecular complexity index is 1010. The van der Waals surface area contributed by atoms with Gasteiger partial charge in [0.15, 0.2) is 23.0 Å². The summed E-state index contributed by atoms with van der Waals surface area (Å²) in [5, 5.41) is 11.3. The van der Waals surface area contributed by atoms with Crippen LogP contribution in [-0.2, 0) is 30.9 Å². The Kier molecular flexibility index (Phi) is 5.33. The Morgan fingerprint density at radius 3 is 2.68 bits per heavy atom. The Labute approximate surface area is 182 Å². The van der Waals surface area contributed by atoms with Gasteiger partial charge in [0, 0.05) is 34.9 Å². The van der Waals surface area contributed by atoms with Crippen LogP contribution in [0.4, 0.5) is 0 Å². The largest absolute Gasteiger partial charge is 0.504 e. The molecule has 7 heteroatoms. The first kappa shape index (κ1) is 21.4. The molecule has 1 aromatic carbocycles. The van der Waals surface area contributed by atoms with Crippen LogP contribution >= 0.6 is 0 Å². The van der Waals surface area contributed by atoms with Gasteiger partial charge < -0.3 is 24.2 Å². The molecule has 0 radical (unpaired) electrons. The summed E-state index contributed by atoms with van der Waals surface area (Å²) < 4.78 is 15.7. The van der Waals surface area contributed by atoms with E-state index in [-0.39, 0.29) is 29.9 Å². The molecule has 166 valence electrons. The fraction of sp³-hybridized carbons (Fsp3) is 0.500. The molecule has 1 saturated heterocycles. The SMILES string of the molecule is COC(=O)/C(C)=C/c1cc(OC)c(O)c2c1C[C@H]1C3C=C(OC)C(=O)C[C@@]23CCN1C. The zero-order valence-electron chi connectivity index (χ0n) is 18.7. The molecule has 0 amide bonds. The molecule has 4 rings (SSSR count). The van der Waals surface area contributed by atoms with Crippen molar-refractivity contribution in [3.05, 3.63) is 40.2 Å². The van der Waals surface area contributed by atoms with E-state index in [0.717, 1.165) is 29.7 Å². The molecule has 0 spiro atoms. The fourth-order valence-electron chi connectivity index (χ4n) is 5.71. The maximum absolute atomic E-state index is 12.9. The van der Waals surface area contributed by atoms with Crippen molar-refractivity contribution < 1.29 is 28.9 Å². The number of piperidine rings is 1. The van der Waals surface area contributed by atoms with Gasteiger partial charge in [-0.05, 0) is 62.7 Å². The van der Waals surface area contributed by atoms with Gasteiger partial charge in [0.1, 0.15) is 0 Å². The lowest BCUT2D eigenvalue weighted by molar-refractivity contribution is -0.135. The number of likely N-dealkylation sites (tertiary alicyclic amines) is 1. The predicted octanol–water partition coefficient (Wildman–Crippen LogP) is 2.59. The molecule has 3 aliphatic rings. The van der Waals surface area contributed by atoms with Crippen LogP contribution in [0.2, 0.25) is 0 Å². The van der Waals surface area contributed by atoms with Gasteiger partial charge in [0.2, 0.25) is 0 Å². The van der Waals surface area contributed by atoms with E-state index in [4.69, 9.17) is 14.2 Å². The second-order valence-electron chi connectivity index (χ2n) is 8.71.